The van der Waals surface area contributed by atoms with Crippen LogP contribution in [0.2, 0.25) is 0 Å². The van der Waals surface area contributed by atoms with Crippen LogP contribution >= 0.6 is 22.6 Å². The second kappa shape index (κ2) is 7.55. The van der Waals surface area contributed by atoms with E-state index in [1.165, 1.54) is 3.57 Å². The van der Waals surface area contributed by atoms with Crippen molar-refractivity contribution in [1.29, 1.82) is 0 Å². The predicted molar refractivity (Wildman–Crippen MR) is 43.7 cm³/mol. The van der Waals surface area contributed by atoms with E-state index >= 15 is 0 Å². The van der Waals surface area contributed by atoms with Gasteiger partial charge in [-0.1, -0.05) is 26.2 Å². The van der Waals surface area contributed by atoms with Gasteiger partial charge in [0.05, 0.1) is 0 Å². The van der Waals surface area contributed by atoms with Gasteiger partial charge in [0.1, 0.15) is 0 Å². The van der Waals surface area contributed by atoms with E-state index in [-0.39, 0.29) is 47.0 Å². The fourth-order valence-corrected chi connectivity index (χ4v) is 0.726. The molecular weight excluding hydrogens is 350 g/mol. The van der Waals surface area contributed by atoms with E-state index in [0.29, 0.717) is 0 Å². The van der Waals surface area contributed by atoms with Crippen molar-refractivity contribution < 1.29 is 24.0 Å². The zero-order valence-electron chi connectivity index (χ0n) is 4.77. The first-order chi connectivity index (χ1) is 3.39. The maximum atomic E-state index is 2.93. The fourth-order valence-electron chi connectivity index (χ4n) is 0.367. The average Bonchev–Trinajstić information content (AvgIpc) is 1.69. The second-order valence-electron chi connectivity index (χ2n) is 1.22. The van der Waals surface area contributed by atoms with Crippen molar-refractivity contribution in [3.05, 3.63) is 33.9 Å². The molecule has 0 atom stereocenters. The standard InChI is InChI=1S/C6H4I.HI.Mg/c7-6-4-2-1-3-5-6;;/h2-5H;1H;/q-1;;+2/p-1. The normalized spacial score (nSPS) is 6.78. The van der Waals surface area contributed by atoms with E-state index in [4.69, 9.17) is 0 Å². The van der Waals surface area contributed by atoms with Crippen LogP contribution in [-0.2, 0) is 0 Å². The number of benzene rings is 1. The van der Waals surface area contributed by atoms with Gasteiger partial charge < -0.3 is 24.0 Å². The van der Waals surface area contributed by atoms with Gasteiger partial charge >= 0.3 is 23.1 Å². The van der Waals surface area contributed by atoms with E-state index in [1.807, 2.05) is 24.3 Å². The van der Waals surface area contributed by atoms with Crippen LogP contribution in [0.1, 0.15) is 0 Å². The topological polar surface area (TPSA) is 0 Å². The van der Waals surface area contributed by atoms with Crippen LogP contribution in [0.4, 0.5) is 0 Å². The quantitative estimate of drug-likeness (QED) is 0.309. The molecule has 1 aromatic rings. The largest absolute Gasteiger partial charge is 2.00 e. The van der Waals surface area contributed by atoms with Gasteiger partial charge in [-0.2, -0.15) is 30.3 Å². The molecule has 0 aliphatic heterocycles. The maximum Gasteiger partial charge on any atom is 2.00 e. The van der Waals surface area contributed by atoms with Gasteiger partial charge in [-0.05, 0) is 0 Å². The molecule has 0 saturated heterocycles. The molecule has 9 heavy (non-hydrogen) atoms. The molecule has 0 aromatic heterocycles. The summed E-state index contributed by atoms with van der Waals surface area (Å²) >= 11 is 2.26. The third-order valence-corrected chi connectivity index (χ3v) is 1.40. The summed E-state index contributed by atoms with van der Waals surface area (Å²) in [5.74, 6) is 0. The molecule has 1 aromatic carbocycles. The zero-order valence-corrected chi connectivity index (χ0v) is 10.5. The fraction of sp³-hybridized carbons (Fsp3) is 0. The van der Waals surface area contributed by atoms with Crippen LogP contribution in [0.5, 0.6) is 0 Å². The van der Waals surface area contributed by atoms with E-state index in [0.717, 1.165) is 0 Å². The first-order valence-corrected chi connectivity index (χ1v) is 3.09. The molecule has 0 bridgehead atoms. The van der Waals surface area contributed by atoms with Crippen LogP contribution in [0.25, 0.3) is 0 Å². The molecule has 0 radical (unpaired) electrons. The van der Waals surface area contributed by atoms with Crippen LogP contribution in [0.15, 0.2) is 24.3 Å². The van der Waals surface area contributed by atoms with Crippen molar-refractivity contribution in [3.8, 4) is 0 Å². The Labute approximate surface area is 102 Å². The summed E-state index contributed by atoms with van der Waals surface area (Å²) in [6.07, 6.45) is 0. The van der Waals surface area contributed by atoms with Crippen LogP contribution in [-0.4, -0.2) is 23.1 Å². The van der Waals surface area contributed by atoms with Gasteiger partial charge in [0, 0.05) is 0 Å². The molecule has 0 nitrogen and oxygen atoms in total. The second-order valence-corrected chi connectivity index (χ2v) is 2.46. The Morgan fingerprint density at radius 1 is 1.22 bits per heavy atom. The summed E-state index contributed by atoms with van der Waals surface area (Å²) in [4.78, 5) is 0. The molecule has 0 saturated carbocycles. The van der Waals surface area contributed by atoms with Gasteiger partial charge in [0.2, 0.25) is 0 Å². The van der Waals surface area contributed by atoms with E-state index < -0.39 is 0 Å². The van der Waals surface area contributed by atoms with Crippen LogP contribution in [0, 0.1) is 9.64 Å². The zero-order chi connectivity index (χ0) is 5.11. The smallest absolute Gasteiger partial charge is 1.00 e. The Balaban J connectivity index is 0. The van der Waals surface area contributed by atoms with Gasteiger partial charge in [-0.3, -0.25) is 0 Å². The summed E-state index contributed by atoms with van der Waals surface area (Å²) in [6, 6.07) is 10.8. The molecular formula is C6H4I2Mg. The predicted octanol–water partition coefficient (Wildman–Crippen LogP) is -1.29. The number of halogens is 2. The Morgan fingerprint density at radius 2 is 1.67 bits per heavy atom. The Bertz CT molecular complexity index is 141. The monoisotopic (exact) mass is 354 g/mol. The minimum Gasteiger partial charge on any atom is -1.00 e. The van der Waals surface area contributed by atoms with Crippen molar-refractivity contribution >= 4 is 45.6 Å². The molecule has 0 spiro atoms. The van der Waals surface area contributed by atoms with Crippen molar-refractivity contribution in [2.45, 2.75) is 0 Å². The van der Waals surface area contributed by atoms with Crippen LogP contribution in [0.3, 0.4) is 0 Å². The maximum absolute atomic E-state index is 2.93. The van der Waals surface area contributed by atoms with Crippen LogP contribution < -0.4 is 24.0 Å². The van der Waals surface area contributed by atoms with Crippen molar-refractivity contribution in [2.75, 3.05) is 0 Å². The molecule has 0 heterocycles. The number of hydrogen-bond acceptors (Lipinski definition) is 0. The third kappa shape index (κ3) is 5.87. The molecule has 3 heteroatoms. The first-order valence-electron chi connectivity index (χ1n) is 2.01. The van der Waals surface area contributed by atoms with Gasteiger partial charge in [0.15, 0.2) is 0 Å². The minimum atomic E-state index is 0. The molecule has 0 amide bonds. The molecule has 1 rings (SSSR count). The molecule has 0 fully saturated rings. The van der Waals surface area contributed by atoms with E-state index in [9.17, 15) is 0 Å². The molecule has 0 aliphatic rings. The Kier molecular flexibility index (Phi) is 11.0. The third-order valence-electron chi connectivity index (χ3n) is 0.678. The summed E-state index contributed by atoms with van der Waals surface area (Å²) < 4.78 is 1.26. The summed E-state index contributed by atoms with van der Waals surface area (Å²) in [5.41, 5.74) is 0. The van der Waals surface area contributed by atoms with Gasteiger partial charge in [0.25, 0.3) is 0 Å². The molecule has 44 valence electrons. The SMILES string of the molecule is Ic1cc[c-]cc1.[I-].[Mg+2]. The summed E-state index contributed by atoms with van der Waals surface area (Å²) in [7, 11) is 0. The van der Waals surface area contributed by atoms with Crippen molar-refractivity contribution in [3.63, 3.8) is 0 Å². The first kappa shape index (κ1) is 13.1. The number of rotatable bonds is 0. The summed E-state index contributed by atoms with van der Waals surface area (Å²) in [6.45, 7) is 0. The summed E-state index contributed by atoms with van der Waals surface area (Å²) in [5, 5.41) is 0. The Morgan fingerprint density at radius 3 is 1.89 bits per heavy atom. The average molecular weight is 354 g/mol. The minimum absolute atomic E-state index is 0. The van der Waals surface area contributed by atoms with Crippen molar-refractivity contribution in [1.82, 2.24) is 0 Å². The molecule has 0 aliphatic carbocycles. The molecule has 0 N–H and O–H groups in total. The van der Waals surface area contributed by atoms with Gasteiger partial charge in [-0.15, -0.1) is 0 Å². The Hall–Kier alpha value is 1.45. The van der Waals surface area contributed by atoms with Gasteiger partial charge in [-0.25, -0.2) is 0 Å². The van der Waals surface area contributed by atoms with E-state index in [1.54, 1.807) is 0 Å². The van der Waals surface area contributed by atoms with Crippen molar-refractivity contribution in [2.24, 2.45) is 0 Å². The molecule has 0 unspecified atom stereocenters. The van der Waals surface area contributed by atoms with E-state index in [2.05, 4.69) is 28.7 Å². The number of hydrogen-bond donors (Lipinski definition) is 0.